The van der Waals surface area contributed by atoms with Gasteiger partial charge in [0.2, 0.25) is 5.91 Å². The van der Waals surface area contributed by atoms with Gasteiger partial charge in [0.05, 0.1) is 11.3 Å². The molecular formula is C18H18FN3O4. The molecule has 26 heavy (non-hydrogen) atoms. The first-order chi connectivity index (χ1) is 12.4. The summed E-state index contributed by atoms with van der Waals surface area (Å²) in [7, 11) is 0. The van der Waals surface area contributed by atoms with Gasteiger partial charge in [0.15, 0.2) is 0 Å². The van der Waals surface area contributed by atoms with Crippen molar-refractivity contribution < 1.29 is 18.9 Å². The molecule has 0 heterocycles. The second-order valence-corrected chi connectivity index (χ2v) is 5.67. The zero-order valence-electron chi connectivity index (χ0n) is 14.1. The normalized spacial score (nSPS) is 10.2. The molecular weight excluding hydrogens is 341 g/mol. The van der Waals surface area contributed by atoms with Gasteiger partial charge in [-0.05, 0) is 30.2 Å². The molecule has 0 aliphatic carbocycles. The van der Waals surface area contributed by atoms with E-state index in [2.05, 4.69) is 10.6 Å². The third kappa shape index (κ3) is 5.37. The summed E-state index contributed by atoms with van der Waals surface area (Å²) < 4.78 is 13.4. The average molecular weight is 359 g/mol. The Morgan fingerprint density at radius 2 is 1.73 bits per heavy atom. The Kier molecular flexibility index (Phi) is 6.37. The van der Waals surface area contributed by atoms with Crippen LogP contribution >= 0.6 is 0 Å². The lowest BCUT2D eigenvalue weighted by molar-refractivity contribution is -0.384. The van der Waals surface area contributed by atoms with Gasteiger partial charge in [-0.1, -0.05) is 18.2 Å². The summed E-state index contributed by atoms with van der Waals surface area (Å²) in [4.78, 5) is 33.8. The van der Waals surface area contributed by atoms with E-state index in [1.54, 1.807) is 6.92 Å². The van der Waals surface area contributed by atoms with Crippen LogP contribution in [-0.4, -0.2) is 29.8 Å². The molecule has 0 saturated heterocycles. The molecule has 0 aromatic heterocycles. The van der Waals surface area contributed by atoms with E-state index < -0.39 is 16.6 Å². The summed E-state index contributed by atoms with van der Waals surface area (Å²) in [5.74, 6) is -1.14. The summed E-state index contributed by atoms with van der Waals surface area (Å²) in [5.41, 5.74) is 1.28. The Hall–Kier alpha value is -3.29. The lowest BCUT2D eigenvalue weighted by Gasteiger charge is -2.08. The van der Waals surface area contributed by atoms with Crippen LogP contribution in [0.1, 0.15) is 21.5 Å². The van der Waals surface area contributed by atoms with E-state index in [0.29, 0.717) is 11.1 Å². The number of nitro groups is 1. The molecule has 0 fully saturated rings. The fourth-order valence-corrected chi connectivity index (χ4v) is 2.20. The summed E-state index contributed by atoms with van der Waals surface area (Å²) >= 11 is 0. The number of halogens is 1. The molecule has 2 aromatic rings. The van der Waals surface area contributed by atoms with Crippen molar-refractivity contribution in [1.82, 2.24) is 10.6 Å². The van der Waals surface area contributed by atoms with Crippen LogP contribution in [0.5, 0.6) is 0 Å². The maximum Gasteiger partial charge on any atom is 0.269 e. The van der Waals surface area contributed by atoms with Crippen molar-refractivity contribution >= 4 is 17.5 Å². The molecule has 136 valence electrons. The van der Waals surface area contributed by atoms with E-state index in [4.69, 9.17) is 0 Å². The zero-order chi connectivity index (χ0) is 19.1. The number of aryl methyl sites for hydroxylation is 1. The van der Waals surface area contributed by atoms with Gasteiger partial charge in [0.25, 0.3) is 11.6 Å². The van der Waals surface area contributed by atoms with Crippen molar-refractivity contribution in [1.29, 1.82) is 0 Å². The van der Waals surface area contributed by atoms with Crippen LogP contribution in [0.15, 0.2) is 42.5 Å². The van der Waals surface area contributed by atoms with Gasteiger partial charge < -0.3 is 10.6 Å². The Balaban J connectivity index is 1.73. The van der Waals surface area contributed by atoms with Gasteiger partial charge in [0.1, 0.15) is 5.82 Å². The van der Waals surface area contributed by atoms with E-state index in [9.17, 15) is 24.1 Å². The van der Waals surface area contributed by atoms with E-state index in [1.807, 2.05) is 0 Å². The van der Waals surface area contributed by atoms with Crippen LogP contribution in [0, 0.1) is 22.9 Å². The highest BCUT2D eigenvalue weighted by atomic mass is 19.1. The molecule has 0 aliphatic rings. The fourth-order valence-electron chi connectivity index (χ4n) is 2.20. The highest BCUT2D eigenvalue weighted by molar-refractivity contribution is 5.94. The standard InChI is InChI=1S/C18H18FN3O4/c1-12-2-5-14(11-16(12)19)18(24)21-9-8-20-17(23)10-13-3-6-15(7-4-13)22(25)26/h2-7,11H,8-10H2,1H3,(H,20,23)(H,21,24). The van der Waals surface area contributed by atoms with Crippen LogP contribution < -0.4 is 10.6 Å². The van der Waals surface area contributed by atoms with Crippen molar-refractivity contribution in [3.63, 3.8) is 0 Å². The number of rotatable bonds is 7. The van der Waals surface area contributed by atoms with Gasteiger partial charge in [-0.15, -0.1) is 0 Å². The lowest BCUT2D eigenvalue weighted by atomic mass is 10.1. The first kappa shape index (κ1) is 19.0. The molecule has 0 saturated carbocycles. The molecule has 2 rings (SSSR count). The second-order valence-electron chi connectivity index (χ2n) is 5.67. The molecule has 0 radical (unpaired) electrons. The molecule has 2 N–H and O–H groups in total. The monoisotopic (exact) mass is 359 g/mol. The maximum absolute atomic E-state index is 13.4. The highest BCUT2D eigenvalue weighted by Gasteiger charge is 2.09. The molecule has 2 aromatic carbocycles. The Morgan fingerprint density at radius 1 is 1.08 bits per heavy atom. The number of hydrogen-bond donors (Lipinski definition) is 2. The van der Waals surface area contributed by atoms with Crippen molar-refractivity contribution in [2.24, 2.45) is 0 Å². The SMILES string of the molecule is Cc1ccc(C(=O)NCCNC(=O)Cc2ccc([N+](=O)[O-])cc2)cc1F. The first-order valence-electron chi connectivity index (χ1n) is 7.91. The van der Waals surface area contributed by atoms with Crippen LogP contribution in [-0.2, 0) is 11.2 Å². The minimum Gasteiger partial charge on any atom is -0.354 e. The van der Waals surface area contributed by atoms with E-state index in [0.717, 1.165) is 6.07 Å². The van der Waals surface area contributed by atoms with Crippen molar-refractivity contribution in [3.8, 4) is 0 Å². The van der Waals surface area contributed by atoms with E-state index in [-0.39, 0.29) is 36.7 Å². The third-order valence-corrected chi connectivity index (χ3v) is 3.68. The number of nitrogens with zero attached hydrogens (tertiary/aromatic N) is 1. The van der Waals surface area contributed by atoms with E-state index >= 15 is 0 Å². The van der Waals surface area contributed by atoms with Crippen molar-refractivity contribution in [2.75, 3.05) is 13.1 Å². The lowest BCUT2D eigenvalue weighted by Crippen LogP contribution is -2.35. The summed E-state index contributed by atoms with van der Waals surface area (Å²) in [5, 5.41) is 15.8. The number of non-ortho nitro benzene ring substituents is 1. The largest absolute Gasteiger partial charge is 0.354 e. The van der Waals surface area contributed by atoms with Gasteiger partial charge in [0, 0.05) is 30.8 Å². The minimum atomic E-state index is -0.507. The van der Waals surface area contributed by atoms with Crippen molar-refractivity contribution in [2.45, 2.75) is 13.3 Å². The highest BCUT2D eigenvalue weighted by Crippen LogP contribution is 2.12. The average Bonchev–Trinajstić information content (AvgIpc) is 2.61. The first-order valence-corrected chi connectivity index (χ1v) is 7.91. The summed E-state index contributed by atoms with van der Waals surface area (Å²) in [6.45, 7) is 2.02. The predicted octanol–water partition coefficient (Wildman–Crippen LogP) is 2.13. The third-order valence-electron chi connectivity index (χ3n) is 3.68. The Bertz CT molecular complexity index is 822. The molecule has 0 aliphatic heterocycles. The molecule has 2 amide bonds. The quantitative estimate of drug-likeness (QED) is 0.449. The molecule has 8 heteroatoms. The zero-order valence-corrected chi connectivity index (χ0v) is 14.1. The minimum absolute atomic E-state index is 0.0376. The summed E-state index contributed by atoms with van der Waals surface area (Å²) in [6.07, 6.45) is 0.0785. The number of amides is 2. The number of benzene rings is 2. The van der Waals surface area contributed by atoms with E-state index in [1.165, 1.54) is 36.4 Å². The van der Waals surface area contributed by atoms with Crippen LogP contribution in [0.25, 0.3) is 0 Å². The number of nitro benzene ring substituents is 1. The molecule has 7 nitrogen and oxygen atoms in total. The predicted molar refractivity (Wildman–Crippen MR) is 93.3 cm³/mol. The Morgan fingerprint density at radius 3 is 2.35 bits per heavy atom. The van der Waals surface area contributed by atoms with Gasteiger partial charge in [-0.2, -0.15) is 0 Å². The maximum atomic E-state index is 13.4. The van der Waals surface area contributed by atoms with Crippen LogP contribution in [0.2, 0.25) is 0 Å². The number of nitrogens with one attached hydrogen (secondary N) is 2. The second kappa shape index (κ2) is 8.70. The van der Waals surface area contributed by atoms with Crippen LogP contribution in [0.4, 0.5) is 10.1 Å². The smallest absolute Gasteiger partial charge is 0.269 e. The molecule has 0 bridgehead atoms. The molecule has 0 spiro atoms. The van der Waals surface area contributed by atoms with Gasteiger partial charge >= 0.3 is 0 Å². The van der Waals surface area contributed by atoms with Crippen LogP contribution in [0.3, 0.4) is 0 Å². The summed E-state index contributed by atoms with van der Waals surface area (Å²) in [6, 6.07) is 9.93. The van der Waals surface area contributed by atoms with Gasteiger partial charge in [-0.3, -0.25) is 19.7 Å². The topological polar surface area (TPSA) is 101 Å². The van der Waals surface area contributed by atoms with Crippen molar-refractivity contribution in [3.05, 3.63) is 75.1 Å². The fraction of sp³-hybridized carbons (Fsp3) is 0.222. The molecule has 0 unspecified atom stereocenters. The van der Waals surface area contributed by atoms with Gasteiger partial charge in [-0.25, -0.2) is 4.39 Å². The number of carbonyl (C=O) groups is 2. The Labute approximate surface area is 149 Å². The number of carbonyl (C=O) groups excluding carboxylic acids is 2. The number of hydrogen-bond acceptors (Lipinski definition) is 4. The molecule has 0 atom stereocenters.